The summed E-state index contributed by atoms with van der Waals surface area (Å²) in [4.78, 5) is 28.6. The van der Waals surface area contributed by atoms with Crippen LogP contribution < -0.4 is 5.32 Å². The van der Waals surface area contributed by atoms with Gasteiger partial charge in [0.15, 0.2) is 0 Å². The summed E-state index contributed by atoms with van der Waals surface area (Å²) in [5.41, 5.74) is 0.344. The number of carbonyl (C=O) groups excluding carboxylic acids is 2. The van der Waals surface area contributed by atoms with Crippen molar-refractivity contribution in [3.8, 4) is 0 Å². The van der Waals surface area contributed by atoms with Crippen LogP contribution in [0.4, 0.5) is 0 Å². The first-order valence-electron chi connectivity index (χ1n) is 7.61. The summed E-state index contributed by atoms with van der Waals surface area (Å²) >= 11 is 12.1. The first-order chi connectivity index (χ1) is 11.0. The molecule has 1 fully saturated rings. The SMILES string of the molecule is CNCCN(C)C(=O)C1CCCN1C(=O)c1cc(Cl)ccc1Cl.Cl. The van der Waals surface area contributed by atoms with Crippen molar-refractivity contribution in [2.75, 3.05) is 33.7 Å². The van der Waals surface area contributed by atoms with Crippen LogP contribution in [-0.4, -0.2) is 61.4 Å². The van der Waals surface area contributed by atoms with Gasteiger partial charge in [-0.05, 0) is 38.1 Å². The molecule has 0 spiro atoms. The van der Waals surface area contributed by atoms with Gasteiger partial charge in [-0.15, -0.1) is 12.4 Å². The third-order valence-electron chi connectivity index (χ3n) is 4.03. The highest BCUT2D eigenvalue weighted by atomic mass is 35.5. The zero-order valence-electron chi connectivity index (χ0n) is 13.7. The van der Waals surface area contributed by atoms with Crippen molar-refractivity contribution >= 4 is 47.4 Å². The molecule has 1 aromatic carbocycles. The standard InChI is InChI=1S/C16H21Cl2N3O2.ClH/c1-19-7-9-20(2)16(23)14-4-3-8-21(14)15(22)12-10-11(17)5-6-13(12)18;/h5-6,10,14,19H,3-4,7-9H2,1-2H3;1H. The molecule has 8 heteroatoms. The van der Waals surface area contributed by atoms with E-state index < -0.39 is 6.04 Å². The number of carbonyl (C=O) groups is 2. The third-order valence-corrected chi connectivity index (χ3v) is 4.60. The molecule has 0 bridgehead atoms. The number of hydrogen-bond acceptors (Lipinski definition) is 3. The highest BCUT2D eigenvalue weighted by Crippen LogP contribution is 2.26. The number of benzene rings is 1. The second kappa shape index (κ2) is 9.47. The molecule has 134 valence electrons. The Bertz CT molecular complexity index is 598. The number of hydrogen-bond donors (Lipinski definition) is 1. The molecule has 0 saturated carbocycles. The largest absolute Gasteiger partial charge is 0.343 e. The Labute approximate surface area is 158 Å². The minimum atomic E-state index is -0.431. The smallest absolute Gasteiger partial charge is 0.256 e. The highest BCUT2D eigenvalue weighted by molar-refractivity contribution is 6.35. The van der Waals surface area contributed by atoms with E-state index in [1.807, 2.05) is 7.05 Å². The van der Waals surface area contributed by atoms with Gasteiger partial charge in [-0.1, -0.05) is 23.2 Å². The molecule has 1 heterocycles. The maximum atomic E-state index is 12.8. The van der Waals surface area contributed by atoms with Crippen molar-refractivity contribution < 1.29 is 9.59 Å². The van der Waals surface area contributed by atoms with E-state index in [9.17, 15) is 9.59 Å². The van der Waals surface area contributed by atoms with Crippen LogP contribution in [0.15, 0.2) is 18.2 Å². The maximum absolute atomic E-state index is 12.8. The minimum absolute atomic E-state index is 0. The Morgan fingerprint density at radius 3 is 2.75 bits per heavy atom. The summed E-state index contributed by atoms with van der Waals surface area (Å²) in [7, 11) is 3.60. The normalized spacial score (nSPS) is 16.7. The Kier molecular flexibility index (Phi) is 8.30. The lowest BCUT2D eigenvalue weighted by atomic mass is 10.1. The molecular formula is C16H22Cl3N3O2. The van der Waals surface area contributed by atoms with E-state index in [0.29, 0.717) is 41.7 Å². The Balaban J connectivity index is 0.00000288. The summed E-state index contributed by atoms with van der Waals surface area (Å²) in [6.45, 7) is 1.87. The number of likely N-dealkylation sites (N-methyl/N-ethyl adjacent to an activating group) is 2. The van der Waals surface area contributed by atoms with E-state index in [4.69, 9.17) is 23.2 Å². The molecule has 2 amide bonds. The minimum Gasteiger partial charge on any atom is -0.343 e. The predicted molar refractivity (Wildman–Crippen MR) is 99.3 cm³/mol. The molecule has 1 aliphatic rings. The first kappa shape index (κ1) is 21.0. The monoisotopic (exact) mass is 393 g/mol. The van der Waals surface area contributed by atoms with Gasteiger partial charge in [0, 0.05) is 31.7 Å². The lowest BCUT2D eigenvalue weighted by molar-refractivity contribution is -0.133. The second-order valence-electron chi connectivity index (χ2n) is 5.64. The molecule has 1 atom stereocenters. The molecular weight excluding hydrogens is 373 g/mol. The summed E-state index contributed by atoms with van der Waals surface area (Å²) < 4.78 is 0. The van der Waals surface area contributed by atoms with E-state index in [0.717, 1.165) is 6.42 Å². The molecule has 24 heavy (non-hydrogen) atoms. The first-order valence-corrected chi connectivity index (χ1v) is 8.37. The van der Waals surface area contributed by atoms with Gasteiger partial charge in [-0.25, -0.2) is 0 Å². The average molecular weight is 395 g/mol. The van der Waals surface area contributed by atoms with Gasteiger partial charge >= 0.3 is 0 Å². The average Bonchev–Trinajstić information content (AvgIpc) is 3.02. The van der Waals surface area contributed by atoms with Crippen LogP contribution >= 0.6 is 35.6 Å². The third kappa shape index (κ3) is 4.76. The van der Waals surface area contributed by atoms with Crippen molar-refractivity contribution in [3.63, 3.8) is 0 Å². The molecule has 0 aromatic heterocycles. The number of nitrogens with zero attached hydrogens (tertiary/aromatic N) is 2. The topological polar surface area (TPSA) is 52.7 Å². The molecule has 0 aliphatic carbocycles. The summed E-state index contributed by atoms with van der Waals surface area (Å²) in [6.07, 6.45) is 1.48. The van der Waals surface area contributed by atoms with Crippen LogP contribution in [0.5, 0.6) is 0 Å². The number of likely N-dealkylation sites (tertiary alicyclic amines) is 1. The van der Waals surface area contributed by atoms with Gasteiger partial charge in [-0.3, -0.25) is 9.59 Å². The molecule has 1 aromatic rings. The quantitative estimate of drug-likeness (QED) is 0.835. The van der Waals surface area contributed by atoms with Gasteiger partial charge in [0.2, 0.25) is 5.91 Å². The Hall–Kier alpha value is -1.01. The van der Waals surface area contributed by atoms with Crippen LogP contribution in [0, 0.1) is 0 Å². The Morgan fingerprint density at radius 2 is 2.08 bits per heavy atom. The van der Waals surface area contributed by atoms with E-state index in [1.165, 1.54) is 0 Å². The molecule has 1 N–H and O–H groups in total. The van der Waals surface area contributed by atoms with Crippen LogP contribution in [-0.2, 0) is 4.79 Å². The van der Waals surface area contributed by atoms with Gasteiger partial charge < -0.3 is 15.1 Å². The fraction of sp³-hybridized carbons (Fsp3) is 0.500. The van der Waals surface area contributed by atoms with Crippen LogP contribution in [0.3, 0.4) is 0 Å². The van der Waals surface area contributed by atoms with Crippen molar-refractivity contribution in [1.29, 1.82) is 0 Å². The number of nitrogens with one attached hydrogen (secondary N) is 1. The summed E-state index contributed by atoms with van der Waals surface area (Å²) in [6, 6.07) is 4.36. The van der Waals surface area contributed by atoms with Crippen molar-refractivity contribution in [1.82, 2.24) is 15.1 Å². The van der Waals surface area contributed by atoms with Crippen molar-refractivity contribution in [2.24, 2.45) is 0 Å². The number of rotatable bonds is 5. The lowest BCUT2D eigenvalue weighted by Crippen LogP contribution is -2.47. The predicted octanol–water partition coefficient (Wildman–Crippen LogP) is 2.70. The molecule has 1 unspecified atom stereocenters. The molecule has 5 nitrogen and oxygen atoms in total. The number of halogens is 3. The second-order valence-corrected chi connectivity index (χ2v) is 6.49. The van der Waals surface area contributed by atoms with E-state index in [1.54, 1.807) is 35.0 Å². The van der Waals surface area contributed by atoms with Crippen LogP contribution in [0.1, 0.15) is 23.2 Å². The molecule has 0 radical (unpaired) electrons. The van der Waals surface area contributed by atoms with Crippen LogP contribution in [0.2, 0.25) is 10.0 Å². The molecule has 1 aliphatic heterocycles. The van der Waals surface area contributed by atoms with Crippen LogP contribution in [0.25, 0.3) is 0 Å². The van der Waals surface area contributed by atoms with Crippen molar-refractivity contribution in [2.45, 2.75) is 18.9 Å². The van der Waals surface area contributed by atoms with E-state index in [-0.39, 0.29) is 24.2 Å². The molecule has 2 rings (SSSR count). The summed E-state index contributed by atoms with van der Waals surface area (Å²) in [5.74, 6) is -0.278. The zero-order chi connectivity index (χ0) is 17.0. The van der Waals surface area contributed by atoms with E-state index >= 15 is 0 Å². The fourth-order valence-corrected chi connectivity index (χ4v) is 3.10. The van der Waals surface area contributed by atoms with E-state index in [2.05, 4.69) is 5.32 Å². The van der Waals surface area contributed by atoms with Gasteiger partial charge in [-0.2, -0.15) is 0 Å². The van der Waals surface area contributed by atoms with Crippen molar-refractivity contribution in [3.05, 3.63) is 33.8 Å². The van der Waals surface area contributed by atoms with Gasteiger partial charge in [0.1, 0.15) is 6.04 Å². The fourth-order valence-electron chi connectivity index (χ4n) is 2.73. The zero-order valence-corrected chi connectivity index (χ0v) is 16.0. The Morgan fingerprint density at radius 1 is 1.38 bits per heavy atom. The lowest BCUT2D eigenvalue weighted by Gasteiger charge is -2.28. The van der Waals surface area contributed by atoms with Gasteiger partial charge in [0.05, 0.1) is 10.6 Å². The highest BCUT2D eigenvalue weighted by Gasteiger charge is 2.36. The van der Waals surface area contributed by atoms with Gasteiger partial charge in [0.25, 0.3) is 5.91 Å². The maximum Gasteiger partial charge on any atom is 0.256 e. The number of amides is 2. The molecule has 1 saturated heterocycles. The summed E-state index contributed by atoms with van der Waals surface area (Å²) in [5, 5.41) is 3.81.